The van der Waals surface area contributed by atoms with Gasteiger partial charge in [0, 0.05) is 11.0 Å². The standard InChI is InChI=1S/C18H15NO3/c1-18(2)15-6-4-3-5-13(15)14-8-7-12(9-16(14)18)17(21)10-19-22-11-20/h3-11H,1-2H3/b19-10+. The van der Waals surface area contributed by atoms with Crippen molar-refractivity contribution < 1.29 is 14.4 Å². The molecule has 2 aromatic carbocycles. The van der Waals surface area contributed by atoms with E-state index in [1.807, 2.05) is 24.3 Å². The van der Waals surface area contributed by atoms with E-state index in [-0.39, 0.29) is 17.7 Å². The van der Waals surface area contributed by atoms with Crippen LogP contribution in [0.3, 0.4) is 0 Å². The molecule has 0 saturated heterocycles. The van der Waals surface area contributed by atoms with Crippen molar-refractivity contribution in [2.24, 2.45) is 5.16 Å². The van der Waals surface area contributed by atoms with Gasteiger partial charge < -0.3 is 4.84 Å². The third-order valence-corrected chi connectivity index (χ3v) is 4.14. The number of hydrogen-bond donors (Lipinski definition) is 0. The molecule has 0 atom stereocenters. The Morgan fingerprint density at radius 1 is 1.09 bits per heavy atom. The molecule has 22 heavy (non-hydrogen) atoms. The zero-order valence-corrected chi connectivity index (χ0v) is 12.4. The van der Waals surface area contributed by atoms with Crippen LogP contribution < -0.4 is 0 Å². The lowest BCUT2D eigenvalue weighted by atomic mass is 9.82. The molecule has 0 aromatic heterocycles. The summed E-state index contributed by atoms with van der Waals surface area (Å²) in [6, 6.07) is 13.9. The first-order valence-corrected chi connectivity index (χ1v) is 6.97. The van der Waals surface area contributed by atoms with E-state index < -0.39 is 0 Å². The number of benzene rings is 2. The van der Waals surface area contributed by atoms with Crippen molar-refractivity contribution in [1.82, 2.24) is 0 Å². The Bertz CT molecular complexity index is 791. The number of Topliss-reactive ketones (excluding diaryl/α,β-unsaturated/α-hetero) is 1. The number of carbonyl (C=O) groups is 2. The first kappa shape index (κ1) is 14.2. The number of nitrogens with zero attached hydrogens (tertiary/aromatic N) is 1. The van der Waals surface area contributed by atoms with Gasteiger partial charge in [-0.1, -0.05) is 55.4 Å². The molecule has 0 N–H and O–H groups in total. The van der Waals surface area contributed by atoms with Gasteiger partial charge in [0.25, 0.3) is 0 Å². The molecule has 3 rings (SSSR count). The summed E-state index contributed by atoms with van der Waals surface area (Å²) in [4.78, 5) is 26.3. The molecule has 0 bridgehead atoms. The van der Waals surface area contributed by atoms with Crippen molar-refractivity contribution in [2.75, 3.05) is 0 Å². The SMILES string of the molecule is CC1(C)c2ccccc2-c2ccc(C(=O)/C=N/OC=O)cc21. The molecule has 4 heteroatoms. The molecule has 0 saturated carbocycles. The minimum atomic E-state index is -0.295. The Morgan fingerprint density at radius 2 is 1.82 bits per heavy atom. The van der Waals surface area contributed by atoms with E-state index in [2.05, 4.69) is 36.0 Å². The fraction of sp³-hybridized carbons (Fsp3) is 0.167. The van der Waals surface area contributed by atoms with Gasteiger partial charge in [0.05, 0.1) is 0 Å². The summed E-state index contributed by atoms with van der Waals surface area (Å²) in [6.07, 6.45) is 1.01. The number of hydrogen-bond acceptors (Lipinski definition) is 4. The van der Waals surface area contributed by atoms with Gasteiger partial charge in [0.15, 0.2) is 0 Å². The summed E-state index contributed by atoms with van der Waals surface area (Å²) in [5, 5.41) is 3.29. The Kier molecular flexibility index (Phi) is 3.37. The van der Waals surface area contributed by atoms with E-state index >= 15 is 0 Å². The predicted octanol–water partition coefficient (Wildman–Crippen LogP) is 3.33. The lowest BCUT2D eigenvalue weighted by Gasteiger charge is -2.21. The molecule has 1 aliphatic rings. The van der Waals surface area contributed by atoms with Crippen LogP contribution in [0.25, 0.3) is 11.1 Å². The van der Waals surface area contributed by atoms with Gasteiger partial charge in [-0.3, -0.25) is 9.59 Å². The Balaban J connectivity index is 2.04. The maximum absolute atomic E-state index is 12.1. The molecule has 1 aliphatic carbocycles. The molecule has 0 amide bonds. The van der Waals surface area contributed by atoms with Gasteiger partial charge in [0.2, 0.25) is 5.78 Å². The average Bonchev–Trinajstić information content (AvgIpc) is 2.76. The molecule has 0 spiro atoms. The van der Waals surface area contributed by atoms with E-state index in [4.69, 9.17) is 0 Å². The number of rotatable bonds is 4. The number of oxime groups is 1. The van der Waals surface area contributed by atoms with Crippen molar-refractivity contribution in [2.45, 2.75) is 19.3 Å². The summed E-state index contributed by atoms with van der Waals surface area (Å²) < 4.78 is 0. The topological polar surface area (TPSA) is 55.7 Å². The molecular weight excluding hydrogens is 278 g/mol. The van der Waals surface area contributed by atoms with Gasteiger partial charge in [-0.15, -0.1) is 0 Å². The van der Waals surface area contributed by atoms with E-state index in [9.17, 15) is 9.59 Å². The average molecular weight is 293 g/mol. The van der Waals surface area contributed by atoms with Crippen LogP contribution in [0.2, 0.25) is 0 Å². The molecule has 0 unspecified atom stereocenters. The zero-order valence-electron chi connectivity index (χ0n) is 12.4. The minimum Gasteiger partial charge on any atom is -0.322 e. The molecule has 4 nitrogen and oxygen atoms in total. The highest BCUT2D eigenvalue weighted by atomic mass is 16.7. The summed E-state index contributed by atoms with van der Waals surface area (Å²) in [7, 11) is 0. The number of fused-ring (bicyclic) bond motifs is 3. The van der Waals surface area contributed by atoms with Crippen LogP contribution in [0.15, 0.2) is 47.6 Å². The van der Waals surface area contributed by atoms with Crippen LogP contribution in [0.5, 0.6) is 0 Å². The monoisotopic (exact) mass is 293 g/mol. The van der Waals surface area contributed by atoms with Gasteiger partial charge in [0.1, 0.15) is 6.21 Å². The van der Waals surface area contributed by atoms with Crippen LogP contribution in [0.1, 0.15) is 35.3 Å². The number of ketones is 1. The fourth-order valence-electron chi connectivity index (χ4n) is 3.04. The van der Waals surface area contributed by atoms with E-state index in [0.717, 1.165) is 17.3 Å². The predicted molar refractivity (Wildman–Crippen MR) is 84.0 cm³/mol. The highest BCUT2D eigenvalue weighted by Gasteiger charge is 2.35. The summed E-state index contributed by atoms with van der Waals surface area (Å²) in [5.74, 6) is -0.295. The second-order valence-electron chi connectivity index (χ2n) is 5.73. The maximum atomic E-state index is 12.1. The highest BCUT2D eigenvalue weighted by molar-refractivity contribution is 6.35. The Hall–Kier alpha value is -2.75. The van der Waals surface area contributed by atoms with Crippen molar-refractivity contribution in [3.05, 3.63) is 59.2 Å². The largest absolute Gasteiger partial charge is 0.323 e. The second-order valence-corrected chi connectivity index (χ2v) is 5.73. The number of carbonyl (C=O) groups excluding carboxylic acids is 2. The molecule has 2 aromatic rings. The molecule has 0 aliphatic heterocycles. The second kappa shape index (κ2) is 5.22. The first-order valence-electron chi connectivity index (χ1n) is 6.97. The highest BCUT2D eigenvalue weighted by Crippen LogP contribution is 2.48. The van der Waals surface area contributed by atoms with Gasteiger partial charge in [-0.25, -0.2) is 0 Å². The molecule has 110 valence electrons. The lowest BCUT2D eigenvalue weighted by molar-refractivity contribution is -0.128. The van der Waals surface area contributed by atoms with Crippen molar-refractivity contribution >= 4 is 18.5 Å². The Labute approximate surface area is 128 Å². The summed E-state index contributed by atoms with van der Waals surface area (Å²) in [5.41, 5.74) is 5.10. The molecule has 0 radical (unpaired) electrons. The summed E-state index contributed by atoms with van der Waals surface area (Å²) >= 11 is 0. The molecule has 0 fully saturated rings. The van der Waals surface area contributed by atoms with Gasteiger partial charge >= 0.3 is 6.47 Å². The molecular formula is C18H15NO3. The van der Waals surface area contributed by atoms with Crippen molar-refractivity contribution in [3.8, 4) is 11.1 Å². The van der Waals surface area contributed by atoms with Gasteiger partial charge in [-0.05, 0) is 28.3 Å². The van der Waals surface area contributed by atoms with E-state index in [1.54, 1.807) is 6.07 Å². The van der Waals surface area contributed by atoms with Crippen molar-refractivity contribution in [1.29, 1.82) is 0 Å². The van der Waals surface area contributed by atoms with Gasteiger partial charge in [-0.2, -0.15) is 0 Å². The van der Waals surface area contributed by atoms with Crippen molar-refractivity contribution in [3.63, 3.8) is 0 Å². The third kappa shape index (κ3) is 2.13. The van der Waals surface area contributed by atoms with E-state index in [1.165, 1.54) is 11.1 Å². The quantitative estimate of drug-likeness (QED) is 0.286. The molecule has 0 heterocycles. The smallest absolute Gasteiger partial charge is 0.322 e. The van der Waals surface area contributed by atoms with Crippen LogP contribution in [-0.4, -0.2) is 18.5 Å². The minimum absolute atomic E-state index is 0.154. The van der Waals surface area contributed by atoms with Crippen LogP contribution >= 0.6 is 0 Å². The maximum Gasteiger partial charge on any atom is 0.323 e. The fourth-order valence-corrected chi connectivity index (χ4v) is 3.04. The normalized spacial score (nSPS) is 14.5. The Morgan fingerprint density at radius 3 is 2.59 bits per heavy atom. The van der Waals surface area contributed by atoms with E-state index in [0.29, 0.717) is 5.56 Å². The summed E-state index contributed by atoms with van der Waals surface area (Å²) in [6.45, 7) is 4.47. The third-order valence-electron chi connectivity index (χ3n) is 4.14. The first-order chi connectivity index (χ1) is 10.6. The van der Waals surface area contributed by atoms with Crippen LogP contribution in [0, 0.1) is 0 Å². The van der Waals surface area contributed by atoms with Crippen LogP contribution in [-0.2, 0) is 15.0 Å². The zero-order chi connectivity index (χ0) is 15.7. The lowest BCUT2D eigenvalue weighted by Crippen LogP contribution is -2.15. The van der Waals surface area contributed by atoms with Crippen LogP contribution in [0.4, 0.5) is 0 Å².